The number of methoxy groups -OCH3 is 1. The third kappa shape index (κ3) is 16.2. The van der Waals surface area contributed by atoms with Crippen molar-refractivity contribution in [3.8, 4) is 17.0 Å². The topological polar surface area (TPSA) is 253 Å². The van der Waals surface area contributed by atoms with Crippen molar-refractivity contribution in [2.24, 2.45) is 11.8 Å². The smallest absolute Gasteiger partial charge is 0.311 e. The molecular weight excluding hydrogens is 993 g/mol. The quantitative estimate of drug-likeness (QED) is 0.0384. The van der Waals surface area contributed by atoms with Crippen molar-refractivity contribution in [1.29, 1.82) is 0 Å². The summed E-state index contributed by atoms with van der Waals surface area (Å²) in [7, 11) is 7.00. The van der Waals surface area contributed by atoms with E-state index in [1.807, 2.05) is 56.0 Å². The van der Waals surface area contributed by atoms with E-state index in [9.17, 15) is 40.2 Å². The van der Waals surface area contributed by atoms with Gasteiger partial charge in [-0.05, 0) is 119 Å². The maximum atomic E-state index is 14.5. The number of aromatic nitrogens is 4. The largest absolute Gasteiger partial charge is 0.503 e. The Hall–Kier alpha value is -3.90. The van der Waals surface area contributed by atoms with Gasteiger partial charge in [-0.2, -0.15) is 0 Å². The van der Waals surface area contributed by atoms with Crippen LogP contribution in [-0.2, 0) is 52.8 Å². The molecule has 2 aliphatic rings. The van der Waals surface area contributed by atoms with E-state index in [2.05, 4.69) is 15.2 Å². The normalized spacial score (nSPS) is 27.5. The molecule has 0 saturated carbocycles. The Morgan fingerprint density at radius 2 is 1.61 bits per heavy atom. The van der Waals surface area contributed by atoms with Gasteiger partial charge in [0.2, 0.25) is 0 Å². The zero-order valence-electron chi connectivity index (χ0n) is 48.3. The standard InChI is InChI=1S/C57H94N6O14/c1-15-45(57(10,71)49(66)38(6)60(11)12)75-53(69)37(5)48(76-46-32-56(9,72-14)50(67)39(7)74-46)36(4)51(55(8,70)16-2)77-54-47(65)43(31-35(3)73-54)61(13)33-40-24-26-41(27-25-40)42-34-63(59-58-42)30-21-19-17-18-20-28-62-29-22-23-44(64)52(62)68/h22-27,29,34-39,43,45-51,54,64-67,70-71H,15-21,28,30-33H2,1-14H3/t35-,36+,37-,38-,39+,43+,45-,46+,47-,48+,49-,50+,51-,54+,55-,56-,57-/m1/s1. The molecule has 0 spiro atoms. The van der Waals surface area contributed by atoms with E-state index in [0.717, 1.165) is 55.5 Å². The number of carbonyl (C=O) groups excluding carboxylic acids is 1. The molecule has 1 aromatic carbocycles. The van der Waals surface area contributed by atoms with Crippen molar-refractivity contribution in [1.82, 2.24) is 29.4 Å². The molecule has 17 atom stereocenters. The van der Waals surface area contributed by atoms with Gasteiger partial charge >= 0.3 is 5.97 Å². The molecule has 436 valence electrons. The third-order valence-corrected chi connectivity index (χ3v) is 16.6. The van der Waals surface area contributed by atoms with Crippen molar-refractivity contribution in [2.45, 2.75) is 237 Å². The van der Waals surface area contributed by atoms with Crippen molar-refractivity contribution in [3.05, 3.63) is 64.7 Å². The van der Waals surface area contributed by atoms with Crippen LogP contribution < -0.4 is 5.56 Å². The van der Waals surface area contributed by atoms with Gasteiger partial charge in [-0.3, -0.25) is 19.2 Å². The Labute approximate surface area is 456 Å². The molecule has 0 bridgehead atoms. The first-order valence-electron chi connectivity index (χ1n) is 27.8. The second kappa shape index (κ2) is 28.0. The Balaban J connectivity index is 1.27. The number of ether oxygens (including phenoxy) is 6. The number of esters is 1. The highest BCUT2D eigenvalue weighted by Crippen LogP contribution is 2.39. The summed E-state index contributed by atoms with van der Waals surface area (Å²) in [6.45, 7) is 19.0. The minimum Gasteiger partial charge on any atom is -0.503 e. The predicted molar refractivity (Wildman–Crippen MR) is 290 cm³/mol. The number of nitrogens with zero attached hydrogens (tertiary/aromatic N) is 6. The molecule has 2 aliphatic heterocycles. The van der Waals surface area contributed by atoms with Crippen LogP contribution in [0.25, 0.3) is 11.3 Å². The molecule has 5 rings (SSSR count). The van der Waals surface area contributed by atoms with Crippen molar-refractivity contribution >= 4 is 5.97 Å². The number of aliphatic hydroxyl groups excluding tert-OH is 3. The van der Waals surface area contributed by atoms with E-state index < -0.39 is 102 Å². The van der Waals surface area contributed by atoms with Gasteiger partial charge in [0.15, 0.2) is 18.3 Å². The van der Waals surface area contributed by atoms with Gasteiger partial charge in [0.25, 0.3) is 5.56 Å². The predicted octanol–water partition coefficient (Wildman–Crippen LogP) is 5.25. The summed E-state index contributed by atoms with van der Waals surface area (Å²) in [4.78, 5) is 30.3. The summed E-state index contributed by atoms with van der Waals surface area (Å²) in [5.74, 6) is -2.85. The first-order valence-corrected chi connectivity index (χ1v) is 27.8. The van der Waals surface area contributed by atoms with Crippen molar-refractivity contribution < 1.29 is 63.9 Å². The summed E-state index contributed by atoms with van der Waals surface area (Å²) in [6.07, 6.45) is -0.554. The lowest BCUT2D eigenvalue weighted by atomic mass is 9.80. The van der Waals surface area contributed by atoms with E-state index in [4.69, 9.17) is 28.4 Å². The van der Waals surface area contributed by atoms with E-state index in [1.165, 1.54) is 20.1 Å². The van der Waals surface area contributed by atoms with Crippen molar-refractivity contribution in [2.75, 3.05) is 28.3 Å². The number of hydrogen-bond donors (Lipinski definition) is 6. The summed E-state index contributed by atoms with van der Waals surface area (Å²) < 4.78 is 41.4. The summed E-state index contributed by atoms with van der Waals surface area (Å²) in [6, 6.07) is 10.3. The SMILES string of the molecule is CC[C@@H](OC(=O)[C@H](C)[C@@H](O[C@H]1C[C@@](C)(OC)[C@@H](O)[C@H](C)O1)[C@H](C)[C@@H](O[C@@H]1O[C@H](C)C[C@H](N(C)Cc2ccc(-c3cn(CCCCCCCn4cccc(O)c4=O)nn3)cc2)[C@H]1O)[C@](C)(O)CC)[C@@](C)(O)[C@H](O)[C@@H](C)N(C)C. The average Bonchev–Trinajstić information content (AvgIpc) is 3.87. The molecule has 0 aliphatic carbocycles. The number of carbonyl (C=O) groups is 1. The molecular formula is C57H94N6O14. The molecule has 20 heteroatoms. The summed E-state index contributed by atoms with van der Waals surface area (Å²) in [5.41, 5.74) is -2.12. The summed E-state index contributed by atoms with van der Waals surface area (Å²) >= 11 is 0. The maximum Gasteiger partial charge on any atom is 0.311 e. The van der Waals surface area contributed by atoms with Crippen LogP contribution in [0.2, 0.25) is 0 Å². The average molecular weight is 1090 g/mol. The van der Waals surface area contributed by atoms with Crippen LogP contribution in [0.15, 0.2) is 53.6 Å². The Morgan fingerprint density at radius 3 is 2.23 bits per heavy atom. The number of aryl methyl sites for hydroxylation is 2. The first-order chi connectivity index (χ1) is 36.2. The lowest BCUT2D eigenvalue weighted by Crippen LogP contribution is -2.60. The van der Waals surface area contributed by atoms with E-state index in [1.54, 1.807) is 84.3 Å². The molecule has 77 heavy (non-hydrogen) atoms. The van der Waals surface area contributed by atoms with Crippen LogP contribution in [0.4, 0.5) is 0 Å². The fourth-order valence-corrected chi connectivity index (χ4v) is 10.9. The number of benzene rings is 1. The number of pyridine rings is 1. The van der Waals surface area contributed by atoms with Crippen LogP contribution in [0.1, 0.15) is 133 Å². The van der Waals surface area contributed by atoms with Gasteiger partial charge in [0.05, 0.1) is 47.7 Å². The zero-order valence-corrected chi connectivity index (χ0v) is 48.3. The number of hydrogen-bond acceptors (Lipinski definition) is 18. The van der Waals surface area contributed by atoms with Gasteiger partial charge in [0, 0.05) is 62.9 Å². The molecule has 20 nitrogen and oxygen atoms in total. The zero-order chi connectivity index (χ0) is 57.2. The molecule has 0 radical (unpaired) electrons. The second-order valence-corrected chi connectivity index (χ2v) is 22.9. The molecule has 2 aromatic heterocycles. The number of aromatic hydroxyl groups is 1. The third-order valence-electron chi connectivity index (χ3n) is 16.6. The Kier molecular flexibility index (Phi) is 23.2. The highest BCUT2D eigenvalue weighted by atomic mass is 16.7. The van der Waals surface area contributed by atoms with E-state index in [-0.39, 0.29) is 36.7 Å². The fourth-order valence-electron chi connectivity index (χ4n) is 10.9. The lowest BCUT2D eigenvalue weighted by Gasteiger charge is -2.48. The number of aliphatic hydroxyl groups is 5. The van der Waals surface area contributed by atoms with Gasteiger partial charge in [-0.15, -0.1) is 5.10 Å². The fraction of sp³-hybridized carbons (Fsp3) is 0.754. The van der Waals surface area contributed by atoms with E-state index >= 15 is 0 Å². The van der Waals surface area contributed by atoms with Gasteiger partial charge in [-0.25, -0.2) is 0 Å². The van der Waals surface area contributed by atoms with Gasteiger partial charge in [-0.1, -0.05) is 69.5 Å². The molecule has 2 saturated heterocycles. The van der Waals surface area contributed by atoms with E-state index in [0.29, 0.717) is 19.5 Å². The maximum absolute atomic E-state index is 14.5. The summed E-state index contributed by atoms with van der Waals surface area (Å²) in [5, 5.41) is 76.9. The molecule has 0 amide bonds. The molecule has 4 heterocycles. The van der Waals surface area contributed by atoms with Gasteiger partial charge in [0.1, 0.15) is 35.7 Å². The molecule has 0 unspecified atom stereocenters. The number of likely N-dealkylation sites (N-methyl/N-ethyl adjacent to an activating group) is 2. The Bertz CT molecular complexity index is 2330. The molecule has 2 fully saturated rings. The van der Waals surface area contributed by atoms with Gasteiger partial charge < -0.3 is 68.5 Å². The number of unbranched alkanes of at least 4 members (excludes halogenated alkanes) is 4. The monoisotopic (exact) mass is 1090 g/mol. The Morgan fingerprint density at radius 1 is 0.961 bits per heavy atom. The van der Waals surface area contributed by atoms with Crippen LogP contribution in [0, 0.1) is 11.8 Å². The highest BCUT2D eigenvalue weighted by molar-refractivity contribution is 5.73. The highest BCUT2D eigenvalue weighted by Gasteiger charge is 2.52. The minimum absolute atomic E-state index is 0.0936. The van der Waals surface area contributed by atoms with Crippen LogP contribution in [0.3, 0.4) is 0 Å². The van der Waals surface area contributed by atoms with Crippen LogP contribution in [-0.4, -0.2) is 185 Å². The molecule has 3 aromatic rings. The van der Waals surface area contributed by atoms with Crippen LogP contribution >= 0.6 is 0 Å². The van der Waals surface area contributed by atoms with Crippen molar-refractivity contribution in [3.63, 3.8) is 0 Å². The molecule has 6 N–H and O–H groups in total. The van der Waals surface area contributed by atoms with Crippen LogP contribution in [0.5, 0.6) is 5.75 Å². The number of rotatable bonds is 29. The lowest BCUT2D eigenvalue weighted by molar-refractivity contribution is -0.317. The first kappa shape index (κ1) is 63.9. The second-order valence-electron chi connectivity index (χ2n) is 22.9. The minimum atomic E-state index is -1.83.